The predicted molar refractivity (Wildman–Crippen MR) is 237 cm³/mol. The zero-order chi connectivity index (χ0) is 37.0. The maximum atomic E-state index is 6.31. The topological polar surface area (TPSA) is 16.4 Å². The van der Waals surface area contributed by atoms with Gasteiger partial charge in [0.05, 0.1) is 0 Å². The van der Waals surface area contributed by atoms with Gasteiger partial charge in [0, 0.05) is 27.8 Å². The largest absolute Gasteiger partial charge is 0.456 e. The highest BCUT2D eigenvalue weighted by Gasteiger charge is 2.16. The third-order valence-corrected chi connectivity index (χ3v) is 11.2. The first-order valence-electron chi connectivity index (χ1n) is 19.1. The van der Waals surface area contributed by atoms with Crippen LogP contribution in [-0.2, 0) is 0 Å². The van der Waals surface area contributed by atoms with Gasteiger partial charge in [0.1, 0.15) is 11.2 Å². The van der Waals surface area contributed by atoms with Gasteiger partial charge in [-0.05, 0) is 138 Å². The van der Waals surface area contributed by atoms with E-state index in [4.69, 9.17) is 4.42 Å². The first-order valence-corrected chi connectivity index (χ1v) is 19.1. The molecule has 0 aliphatic carbocycles. The standard InChI is InChI=1S/C54H35NO/c1-3-10-40-30-45(18-16-36(40)8-1)38-20-25-48(26-21-38)55(50-15-7-14-42(32-50)46-19-17-37-9-2-4-11-41(37)31-46)49-27-22-39(23-28-49)47-24-29-53-51(34-47)52-33-43-12-5-6-13-44(43)35-54(52)56-53/h1-35H. The van der Waals surface area contributed by atoms with Crippen LogP contribution in [0.4, 0.5) is 17.1 Å². The van der Waals surface area contributed by atoms with E-state index in [0.717, 1.165) is 50.1 Å². The minimum atomic E-state index is 0.903. The van der Waals surface area contributed by atoms with E-state index in [9.17, 15) is 0 Å². The van der Waals surface area contributed by atoms with Crippen molar-refractivity contribution in [1.82, 2.24) is 0 Å². The first-order chi connectivity index (χ1) is 27.7. The Morgan fingerprint density at radius 3 is 1.30 bits per heavy atom. The van der Waals surface area contributed by atoms with Gasteiger partial charge in [-0.1, -0.05) is 140 Å². The second-order valence-corrected chi connectivity index (χ2v) is 14.6. The first kappa shape index (κ1) is 32.0. The smallest absolute Gasteiger partial charge is 0.136 e. The highest BCUT2D eigenvalue weighted by Crippen LogP contribution is 2.40. The molecule has 0 unspecified atom stereocenters. The number of benzene rings is 10. The van der Waals surface area contributed by atoms with Gasteiger partial charge >= 0.3 is 0 Å². The average Bonchev–Trinajstić information content (AvgIpc) is 3.62. The van der Waals surface area contributed by atoms with Crippen molar-refractivity contribution in [2.75, 3.05) is 4.90 Å². The Kier molecular flexibility index (Phi) is 7.53. The molecule has 262 valence electrons. The van der Waals surface area contributed by atoms with E-state index in [0.29, 0.717) is 0 Å². The summed E-state index contributed by atoms with van der Waals surface area (Å²) >= 11 is 0. The maximum absolute atomic E-state index is 6.31. The summed E-state index contributed by atoms with van der Waals surface area (Å²) in [5.74, 6) is 0. The summed E-state index contributed by atoms with van der Waals surface area (Å²) in [5.41, 5.74) is 12.2. The van der Waals surface area contributed by atoms with Crippen molar-refractivity contribution >= 4 is 71.3 Å². The maximum Gasteiger partial charge on any atom is 0.136 e. The molecule has 10 aromatic carbocycles. The Bertz CT molecular complexity index is 3250. The van der Waals surface area contributed by atoms with Gasteiger partial charge in [0.25, 0.3) is 0 Å². The molecule has 0 bridgehead atoms. The van der Waals surface area contributed by atoms with Crippen LogP contribution in [0.1, 0.15) is 0 Å². The molecule has 0 fully saturated rings. The van der Waals surface area contributed by atoms with E-state index < -0.39 is 0 Å². The van der Waals surface area contributed by atoms with Crippen LogP contribution >= 0.6 is 0 Å². The number of hydrogen-bond acceptors (Lipinski definition) is 2. The van der Waals surface area contributed by atoms with E-state index in [1.165, 1.54) is 54.6 Å². The van der Waals surface area contributed by atoms with Gasteiger partial charge in [0.15, 0.2) is 0 Å². The Balaban J connectivity index is 0.988. The zero-order valence-electron chi connectivity index (χ0n) is 30.6. The molecule has 11 rings (SSSR count). The van der Waals surface area contributed by atoms with Crippen LogP contribution in [0.5, 0.6) is 0 Å². The van der Waals surface area contributed by atoms with Crippen LogP contribution in [0.2, 0.25) is 0 Å². The van der Waals surface area contributed by atoms with Crippen LogP contribution in [0, 0.1) is 0 Å². The lowest BCUT2D eigenvalue weighted by Crippen LogP contribution is -2.10. The number of furan rings is 1. The summed E-state index contributed by atoms with van der Waals surface area (Å²) in [6, 6.07) is 76.7. The van der Waals surface area contributed by atoms with E-state index in [1.54, 1.807) is 0 Å². The van der Waals surface area contributed by atoms with E-state index in [1.807, 2.05) is 0 Å². The number of hydrogen-bond donors (Lipinski definition) is 0. The fourth-order valence-corrected chi connectivity index (χ4v) is 8.26. The van der Waals surface area contributed by atoms with Crippen molar-refractivity contribution in [2.24, 2.45) is 0 Å². The van der Waals surface area contributed by atoms with Crippen LogP contribution in [0.15, 0.2) is 217 Å². The Labute approximate surface area is 325 Å². The highest BCUT2D eigenvalue weighted by molar-refractivity contribution is 6.11. The van der Waals surface area contributed by atoms with Gasteiger partial charge in [-0.25, -0.2) is 0 Å². The summed E-state index contributed by atoms with van der Waals surface area (Å²) in [7, 11) is 0. The fraction of sp³-hybridized carbons (Fsp3) is 0. The Hall–Kier alpha value is -7.42. The van der Waals surface area contributed by atoms with E-state index >= 15 is 0 Å². The summed E-state index contributed by atoms with van der Waals surface area (Å²) in [6.07, 6.45) is 0. The Morgan fingerprint density at radius 1 is 0.250 bits per heavy atom. The molecule has 56 heavy (non-hydrogen) atoms. The molecule has 0 N–H and O–H groups in total. The Morgan fingerprint density at radius 2 is 0.696 bits per heavy atom. The summed E-state index contributed by atoms with van der Waals surface area (Å²) in [6.45, 7) is 0. The van der Waals surface area contributed by atoms with Gasteiger partial charge in [0.2, 0.25) is 0 Å². The molecule has 1 aromatic heterocycles. The van der Waals surface area contributed by atoms with E-state index in [2.05, 4.69) is 217 Å². The molecule has 0 spiro atoms. The lowest BCUT2D eigenvalue weighted by Gasteiger charge is -2.26. The molecule has 0 amide bonds. The van der Waals surface area contributed by atoms with Gasteiger partial charge in [-0.2, -0.15) is 0 Å². The van der Waals surface area contributed by atoms with Gasteiger partial charge in [-0.15, -0.1) is 0 Å². The molecule has 0 aliphatic rings. The van der Waals surface area contributed by atoms with Gasteiger partial charge in [-0.3, -0.25) is 0 Å². The summed E-state index contributed by atoms with van der Waals surface area (Å²) < 4.78 is 6.31. The molecule has 0 atom stereocenters. The summed E-state index contributed by atoms with van der Waals surface area (Å²) in [5, 5.41) is 9.65. The molecule has 0 saturated carbocycles. The molecule has 0 aliphatic heterocycles. The minimum Gasteiger partial charge on any atom is -0.456 e. The number of anilines is 3. The van der Waals surface area contributed by atoms with Crippen LogP contribution in [0.3, 0.4) is 0 Å². The van der Waals surface area contributed by atoms with Gasteiger partial charge < -0.3 is 9.32 Å². The molecule has 0 radical (unpaired) electrons. The lowest BCUT2D eigenvalue weighted by atomic mass is 9.99. The third-order valence-electron chi connectivity index (χ3n) is 11.2. The van der Waals surface area contributed by atoms with Crippen molar-refractivity contribution in [3.8, 4) is 33.4 Å². The number of rotatable bonds is 6. The van der Waals surface area contributed by atoms with Crippen molar-refractivity contribution in [1.29, 1.82) is 0 Å². The monoisotopic (exact) mass is 713 g/mol. The zero-order valence-corrected chi connectivity index (χ0v) is 30.6. The normalized spacial score (nSPS) is 11.6. The number of fused-ring (bicyclic) bond motifs is 6. The van der Waals surface area contributed by atoms with Crippen molar-refractivity contribution in [3.63, 3.8) is 0 Å². The molecule has 11 aromatic rings. The molecule has 1 heterocycles. The quantitative estimate of drug-likeness (QED) is 0.171. The van der Waals surface area contributed by atoms with Crippen LogP contribution in [0.25, 0.3) is 87.6 Å². The molecule has 0 saturated heterocycles. The fourth-order valence-electron chi connectivity index (χ4n) is 8.26. The second kappa shape index (κ2) is 13.2. The van der Waals surface area contributed by atoms with Crippen molar-refractivity contribution < 1.29 is 4.42 Å². The van der Waals surface area contributed by atoms with E-state index in [-0.39, 0.29) is 0 Å². The summed E-state index contributed by atoms with van der Waals surface area (Å²) in [4.78, 5) is 2.36. The molecular weight excluding hydrogens is 679 g/mol. The predicted octanol–water partition coefficient (Wildman–Crippen LogP) is 15.5. The average molecular weight is 714 g/mol. The third kappa shape index (κ3) is 5.68. The lowest BCUT2D eigenvalue weighted by molar-refractivity contribution is 0.669. The van der Waals surface area contributed by atoms with Crippen molar-refractivity contribution in [2.45, 2.75) is 0 Å². The van der Waals surface area contributed by atoms with Crippen LogP contribution in [-0.4, -0.2) is 0 Å². The second-order valence-electron chi connectivity index (χ2n) is 14.6. The number of nitrogens with zero attached hydrogens (tertiary/aromatic N) is 1. The highest BCUT2D eigenvalue weighted by atomic mass is 16.3. The SMILES string of the molecule is c1cc(-c2ccc3ccccc3c2)cc(N(c2ccc(-c3ccc4ccccc4c3)cc2)c2ccc(-c3ccc4oc5cc6ccccc6cc5c4c3)cc2)c1. The van der Waals surface area contributed by atoms with Crippen LogP contribution < -0.4 is 4.90 Å². The minimum absolute atomic E-state index is 0.903. The molecular formula is C54H35NO. The van der Waals surface area contributed by atoms with Crippen molar-refractivity contribution in [3.05, 3.63) is 212 Å². The molecule has 2 heteroatoms. The molecule has 2 nitrogen and oxygen atoms in total.